The average molecular weight is 418 g/mol. The zero-order valence-electron chi connectivity index (χ0n) is 14.8. The van der Waals surface area contributed by atoms with Gasteiger partial charge >= 0.3 is 12.5 Å². The van der Waals surface area contributed by atoms with Gasteiger partial charge in [0.25, 0.3) is 5.78 Å². The predicted molar refractivity (Wildman–Crippen MR) is 95.2 cm³/mol. The minimum atomic E-state index is -4.55. The number of aryl methyl sites for hydroxylation is 1. The third kappa shape index (κ3) is 3.96. The van der Waals surface area contributed by atoms with Crippen molar-refractivity contribution in [1.29, 1.82) is 0 Å². The van der Waals surface area contributed by atoms with Crippen LogP contribution in [0.3, 0.4) is 0 Å². The number of hydrogen-bond acceptors (Lipinski definition) is 5. The molecule has 3 rings (SSSR count). The second-order valence-corrected chi connectivity index (χ2v) is 6.32. The van der Waals surface area contributed by atoms with Gasteiger partial charge in [0, 0.05) is 6.04 Å². The molecule has 0 aliphatic heterocycles. The predicted octanol–water partition coefficient (Wildman–Crippen LogP) is 4.75. The van der Waals surface area contributed by atoms with Gasteiger partial charge in [-0.3, -0.25) is 0 Å². The summed E-state index contributed by atoms with van der Waals surface area (Å²) in [6.45, 7) is 3.72. The maximum absolute atomic E-state index is 13.0. The van der Waals surface area contributed by atoms with E-state index in [9.17, 15) is 17.6 Å². The van der Waals surface area contributed by atoms with Crippen LogP contribution in [-0.4, -0.2) is 32.1 Å². The number of benzene rings is 1. The smallest absolute Gasteiger partial charge is 0.428 e. The van der Waals surface area contributed by atoms with Crippen molar-refractivity contribution in [1.82, 2.24) is 19.6 Å². The molecule has 11 heteroatoms. The monoisotopic (exact) mass is 417 g/mol. The van der Waals surface area contributed by atoms with E-state index in [4.69, 9.17) is 11.6 Å². The van der Waals surface area contributed by atoms with Crippen molar-refractivity contribution in [3.63, 3.8) is 0 Å². The highest BCUT2D eigenvalue weighted by Gasteiger charge is 2.43. The van der Waals surface area contributed by atoms with Crippen LogP contribution in [0.15, 0.2) is 30.6 Å². The summed E-state index contributed by atoms with van der Waals surface area (Å²) in [6.07, 6.45) is -6.52. The van der Waals surface area contributed by atoms with Crippen molar-refractivity contribution >= 4 is 23.2 Å². The quantitative estimate of drug-likeness (QED) is 0.562. The summed E-state index contributed by atoms with van der Waals surface area (Å²) in [5.41, 5.74) is 1.33. The number of ether oxygens (including phenoxy) is 1. The second-order valence-electron chi connectivity index (χ2n) is 5.95. The largest absolute Gasteiger partial charge is 0.461 e. The molecular formula is C17H16ClF4N5O. The standard InChI is InChI=1S/C17H16ClF4N5O/c1-3-12-13(18)14(27-16(26-12)23-8-24-27)25-9(2)10-4-6-11(7-5-10)28-17(21,22)15(19)20/h4-9,15,25H,3H2,1-2H3/t9-/m0/s1. The van der Waals surface area contributed by atoms with E-state index in [0.29, 0.717) is 34.3 Å². The van der Waals surface area contributed by atoms with Crippen LogP contribution in [-0.2, 0) is 6.42 Å². The third-order valence-corrected chi connectivity index (χ3v) is 4.41. The lowest BCUT2D eigenvalue weighted by molar-refractivity contribution is -0.253. The summed E-state index contributed by atoms with van der Waals surface area (Å²) in [7, 11) is 0. The molecule has 0 spiro atoms. The first kappa shape index (κ1) is 20.1. The number of anilines is 1. The lowest BCUT2D eigenvalue weighted by atomic mass is 10.1. The van der Waals surface area contributed by atoms with E-state index in [1.54, 1.807) is 0 Å². The molecule has 0 fully saturated rings. The second kappa shape index (κ2) is 7.78. The number of hydrogen-bond donors (Lipinski definition) is 1. The van der Waals surface area contributed by atoms with E-state index in [-0.39, 0.29) is 11.8 Å². The van der Waals surface area contributed by atoms with Gasteiger partial charge in [-0.1, -0.05) is 30.7 Å². The Kier molecular flexibility index (Phi) is 5.59. The molecule has 1 aromatic carbocycles. The van der Waals surface area contributed by atoms with Gasteiger partial charge in [0.1, 0.15) is 17.1 Å². The van der Waals surface area contributed by atoms with Crippen LogP contribution in [0.2, 0.25) is 5.02 Å². The van der Waals surface area contributed by atoms with Crippen molar-refractivity contribution in [2.45, 2.75) is 38.8 Å². The molecular weight excluding hydrogens is 402 g/mol. The van der Waals surface area contributed by atoms with Gasteiger partial charge in [-0.15, -0.1) is 0 Å². The first-order valence-corrected chi connectivity index (χ1v) is 8.70. The molecule has 1 N–H and O–H groups in total. The van der Waals surface area contributed by atoms with Crippen molar-refractivity contribution in [3.05, 3.63) is 46.9 Å². The van der Waals surface area contributed by atoms with Gasteiger partial charge in [0.2, 0.25) is 0 Å². The Morgan fingerprint density at radius 2 is 1.93 bits per heavy atom. The van der Waals surface area contributed by atoms with Crippen LogP contribution in [0.5, 0.6) is 5.75 Å². The van der Waals surface area contributed by atoms with Crippen LogP contribution in [0.1, 0.15) is 31.1 Å². The Morgan fingerprint density at radius 1 is 1.25 bits per heavy atom. The molecule has 0 aliphatic carbocycles. The highest BCUT2D eigenvalue weighted by molar-refractivity contribution is 6.33. The fourth-order valence-corrected chi connectivity index (χ4v) is 2.85. The molecule has 6 nitrogen and oxygen atoms in total. The van der Waals surface area contributed by atoms with Gasteiger partial charge in [-0.05, 0) is 31.0 Å². The molecule has 0 amide bonds. The lowest BCUT2D eigenvalue weighted by Gasteiger charge is -2.20. The van der Waals surface area contributed by atoms with Crippen LogP contribution in [0.25, 0.3) is 5.78 Å². The molecule has 28 heavy (non-hydrogen) atoms. The van der Waals surface area contributed by atoms with Gasteiger partial charge in [-0.25, -0.2) is 4.98 Å². The van der Waals surface area contributed by atoms with Crippen LogP contribution < -0.4 is 10.1 Å². The molecule has 3 aromatic rings. The molecule has 0 bridgehead atoms. The molecule has 0 saturated heterocycles. The summed E-state index contributed by atoms with van der Waals surface area (Å²) in [5.74, 6) is 0.502. The van der Waals surface area contributed by atoms with Crippen molar-refractivity contribution < 1.29 is 22.3 Å². The molecule has 2 heterocycles. The topological polar surface area (TPSA) is 64.3 Å². The van der Waals surface area contributed by atoms with Gasteiger partial charge in [-0.2, -0.15) is 32.2 Å². The maximum Gasteiger partial charge on any atom is 0.461 e. The van der Waals surface area contributed by atoms with Crippen LogP contribution in [0.4, 0.5) is 23.4 Å². The number of nitrogens with one attached hydrogen (secondary N) is 1. The van der Waals surface area contributed by atoms with E-state index >= 15 is 0 Å². The summed E-state index contributed by atoms with van der Waals surface area (Å²) in [6, 6.07) is 5.05. The Bertz CT molecular complexity index is 964. The zero-order valence-corrected chi connectivity index (χ0v) is 15.6. The van der Waals surface area contributed by atoms with E-state index in [0.717, 1.165) is 0 Å². The van der Waals surface area contributed by atoms with Gasteiger partial charge < -0.3 is 10.1 Å². The molecule has 1 atom stereocenters. The van der Waals surface area contributed by atoms with Gasteiger partial charge in [0.05, 0.1) is 5.69 Å². The number of rotatable bonds is 7. The Hall–Kier alpha value is -2.62. The molecule has 0 unspecified atom stereocenters. The third-order valence-electron chi connectivity index (χ3n) is 4.01. The molecule has 0 saturated carbocycles. The summed E-state index contributed by atoms with van der Waals surface area (Å²) < 4.78 is 56.0. The normalized spacial score (nSPS) is 13.1. The number of nitrogens with zero attached hydrogens (tertiary/aromatic N) is 4. The zero-order chi connectivity index (χ0) is 20.5. The number of aromatic nitrogens is 4. The van der Waals surface area contributed by atoms with Gasteiger partial charge in [0.15, 0.2) is 5.82 Å². The molecule has 0 aliphatic rings. The maximum atomic E-state index is 13.0. The summed E-state index contributed by atoms with van der Waals surface area (Å²) >= 11 is 6.42. The van der Waals surface area contributed by atoms with E-state index in [1.165, 1.54) is 35.1 Å². The molecule has 150 valence electrons. The first-order chi connectivity index (χ1) is 13.2. The Labute approximate surface area is 162 Å². The molecule has 0 radical (unpaired) electrons. The van der Waals surface area contributed by atoms with Crippen molar-refractivity contribution in [2.75, 3.05) is 5.32 Å². The number of fused-ring (bicyclic) bond motifs is 1. The summed E-state index contributed by atoms with van der Waals surface area (Å²) in [4.78, 5) is 8.38. The average Bonchev–Trinajstić information content (AvgIpc) is 3.12. The van der Waals surface area contributed by atoms with Crippen LogP contribution >= 0.6 is 11.6 Å². The van der Waals surface area contributed by atoms with Crippen molar-refractivity contribution in [2.24, 2.45) is 0 Å². The highest BCUT2D eigenvalue weighted by atomic mass is 35.5. The lowest BCUT2D eigenvalue weighted by Crippen LogP contribution is -2.33. The van der Waals surface area contributed by atoms with Crippen LogP contribution in [0, 0.1) is 0 Å². The first-order valence-electron chi connectivity index (χ1n) is 8.32. The highest BCUT2D eigenvalue weighted by Crippen LogP contribution is 2.31. The Balaban J connectivity index is 1.82. The van der Waals surface area contributed by atoms with E-state index in [2.05, 4.69) is 25.1 Å². The molecule has 2 aromatic heterocycles. The summed E-state index contributed by atoms with van der Waals surface area (Å²) in [5, 5.41) is 7.68. The van der Waals surface area contributed by atoms with Crippen molar-refractivity contribution in [3.8, 4) is 5.75 Å². The number of halogens is 5. The fraction of sp³-hybridized carbons (Fsp3) is 0.353. The minimum Gasteiger partial charge on any atom is -0.428 e. The minimum absolute atomic E-state index is 0.318. The van der Waals surface area contributed by atoms with E-state index in [1.807, 2.05) is 13.8 Å². The fourth-order valence-electron chi connectivity index (χ4n) is 2.54. The SMILES string of the molecule is CCc1nc2ncnn2c(N[C@@H](C)c2ccc(OC(F)(F)C(F)F)cc2)c1Cl. The van der Waals surface area contributed by atoms with E-state index < -0.39 is 12.5 Å². The Morgan fingerprint density at radius 3 is 2.54 bits per heavy atom. The number of alkyl halides is 4.